The second-order valence-electron chi connectivity index (χ2n) is 12.0. The molecule has 1 heterocycles. The number of halogens is 1. The summed E-state index contributed by atoms with van der Waals surface area (Å²) in [5, 5.41) is 0.712. The maximum Gasteiger partial charge on any atom is 0.214 e. The monoisotopic (exact) mass is 604 g/mol. The molecule has 4 aromatic carbocycles. The Morgan fingerprint density at radius 1 is 0.568 bits per heavy atom. The molecule has 0 spiro atoms. The van der Waals surface area contributed by atoms with E-state index >= 15 is 0 Å². The molecule has 0 saturated carbocycles. The number of hydrogen-bond acceptors (Lipinski definition) is 2. The Labute approximate surface area is 268 Å². The third kappa shape index (κ3) is 7.67. The van der Waals surface area contributed by atoms with Crippen LogP contribution in [0, 0.1) is 62.3 Å². The van der Waals surface area contributed by atoms with Gasteiger partial charge in [0.2, 0.25) is 5.62 Å². The van der Waals surface area contributed by atoms with Gasteiger partial charge in [-0.3, -0.25) is 14.1 Å². The Bertz CT molecular complexity index is 1710. The summed E-state index contributed by atoms with van der Waals surface area (Å²) in [6.07, 6.45) is 4.24. The van der Waals surface area contributed by atoms with Crippen molar-refractivity contribution in [3.63, 3.8) is 0 Å². The first kappa shape index (κ1) is 32.8. The molecule has 0 aliphatic carbocycles. The number of aryl methyl sites for hydroxylation is 9. The minimum atomic E-state index is 0.454. The Balaban J connectivity index is 0.000000421. The van der Waals surface area contributed by atoms with Gasteiger partial charge in [0, 0.05) is 24.5 Å². The average Bonchev–Trinajstić information content (AvgIpc) is 3.31. The molecule has 5 rings (SSSR count). The topological polar surface area (TPSA) is 34.6 Å². The van der Waals surface area contributed by atoms with E-state index in [-0.39, 0.29) is 0 Å². The smallest absolute Gasteiger partial charge is 0.214 e. The highest BCUT2D eigenvalue weighted by Crippen LogP contribution is 2.23. The van der Waals surface area contributed by atoms with Crippen LogP contribution in [0.2, 0.25) is 5.02 Å². The molecule has 0 unspecified atom stereocenters. The van der Waals surface area contributed by atoms with Crippen LogP contribution >= 0.6 is 11.6 Å². The molecule has 44 heavy (non-hydrogen) atoms. The third-order valence-electron chi connectivity index (χ3n) is 7.73. The Hall–Kier alpha value is -4.15. The summed E-state index contributed by atoms with van der Waals surface area (Å²) in [7, 11) is 1.81. The summed E-state index contributed by atoms with van der Waals surface area (Å²) in [4.78, 5) is 9.71. The van der Waals surface area contributed by atoms with Gasteiger partial charge in [0.25, 0.3) is 0 Å². The van der Waals surface area contributed by atoms with Crippen molar-refractivity contribution in [1.82, 2.24) is 9.13 Å². The second-order valence-corrected chi connectivity index (χ2v) is 12.4. The Morgan fingerprint density at radius 2 is 0.932 bits per heavy atom. The summed E-state index contributed by atoms with van der Waals surface area (Å²) in [5.74, 6) is 0. The summed E-state index contributed by atoms with van der Waals surface area (Å²) in [6, 6.07) is 23.2. The minimum Gasteiger partial charge on any atom is -0.290 e. The molecular formula is C39H45ClN4. The highest BCUT2D eigenvalue weighted by atomic mass is 35.5. The summed E-state index contributed by atoms with van der Waals surface area (Å²) in [5.41, 5.74) is 16.6. The number of hydrogen-bond donors (Lipinski definition) is 0. The van der Waals surface area contributed by atoms with Crippen LogP contribution in [0.25, 0.3) is 11.4 Å². The van der Waals surface area contributed by atoms with Crippen LogP contribution in [0.3, 0.4) is 0 Å². The zero-order chi connectivity index (χ0) is 32.1. The zero-order valence-electron chi connectivity index (χ0n) is 27.9. The molecule has 0 fully saturated rings. The number of imidazole rings is 1. The van der Waals surface area contributed by atoms with Gasteiger partial charge in [-0.05, 0) is 102 Å². The summed E-state index contributed by atoms with van der Waals surface area (Å²) in [6.45, 7) is 19.8. The molecule has 4 nitrogen and oxygen atoms in total. The van der Waals surface area contributed by atoms with Crippen LogP contribution in [-0.4, -0.2) is 28.4 Å². The van der Waals surface area contributed by atoms with Gasteiger partial charge in [-0.2, -0.15) is 0 Å². The van der Waals surface area contributed by atoms with E-state index in [1.54, 1.807) is 0 Å². The largest absolute Gasteiger partial charge is 0.290 e. The van der Waals surface area contributed by atoms with Crippen molar-refractivity contribution in [2.24, 2.45) is 9.98 Å². The molecule has 0 N–H and O–H groups in total. The number of aliphatic imine (C=N–C) groups is 1. The fourth-order valence-electron chi connectivity index (χ4n) is 6.27. The molecule has 0 saturated heterocycles. The first-order valence-corrected chi connectivity index (χ1v) is 15.5. The van der Waals surface area contributed by atoms with Crippen LogP contribution < -0.4 is 5.62 Å². The van der Waals surface area contributed by atoms with Crippen molar-refractivity contribution < 1.29 is 0 Å². The standard InChI is InChI=1S/C30H33ClN4.C9H12/c1-19-14-21(3)28(22(4)15-19)34-12-13-35(29-23(5)16-20(2)17-24(29)6)30(34)33-18-27(32-7)25-8-10-26(31)11-9-25;1-7-4-8(2)6-9(3)5-7/h8-17H,18H2,1-7H3;4-6H,1-3H3. The maximum atomic E-state index is 6.11. The molecule has 1 aromatic heterocycles. The van der Waals surface area contributed by atoms with E-state index in [0.717, 1.165) is 28.3 Å². The van der Waals surface area contributed by atoms with Gasteiger partial charge >= 0.3 is 0 Å². The molecule has 0 radical (unpaired) electrons. The molecular weight excluding hydrogens is 560 g/mol. The molecule has 0 amide bonds. The van der Waals surface area contributed by atoms with Crippen LogP contribution in [0.4, 0.5) is 0 Å². The fourth-order valence-corrected chi connectivity index (χ4v) is 6.40. The van der Waals surface area contributed by atoms with Crippen molar-refractivity contribution in [1.29, 1.82) is 0 Å². The predicted octanol–water partition coefficient (Wildman–Crippen LogP) is 9.40. The summed E-state index contributed by atoms with van der Waals surface area (Å²) < 4.78 is 4.41. The fraction of sp³-hybridized carbons (Fsp3) is 0.282. The lowest BCUT2D eigenvalue weighted by Crippen LogP contribution is -2.27. The van der Waals surface area contributed by atoms with Crippen molar-refractivity contribution in [2.45, 2.75) is 62.3 Å². The normalized spacial score (nSPS) is 11.3. The first-order chi connectivity index (χ1) is 20.9. The third-order valence-corrected chi connectivity index (χ3v) is 7.98. The SMILES string of the molecule is CN=C(CN=c1n(-c2c(C)cc(C)cc2C)ccn1-c1c(C)cc(C)cc1C)c1ccc(Cl)cc1.Cc1cc(C)cc(C)c1. The molecule has 228 valence electrons. The number of nitrogens with zero attached hydrogens (tertiary/aromatic N) is 4. The average molecular weight is 605 g/mol. The number of aromatic nitrogens is 2. The lowest BCUT2D eigenvalue weighted by Gasteiger charge is -2.15. The summed E-state index contributed by atoms with van der Waals surface area (Å²) >= 11 is 6.11. The van der Waals surface area contributed by atoms with Crippen LogP contribution in [-0.2, 0) is 0 Å². The van der Waals surface area contributed by atoms with Crippen molar-refractivity contribution in [3.05, 3.63) is 145 Å². The zero-order valence-corrected chi connectivity index (χ0v) is 28.6. The van der Waals surface area contributed by atoms with Crippen LogP contribution in [0.15, 0.2) is 89.1 Å². The number of benzene rings is 4. The van der Waals surface area contributed by atoms with E-state index in [0.29, 0.717) is 11.6 Å². The van der Waals surface area contributed by atoms with E-state index in [9.17, 15) is 0 Å². The van der Waals surface area contributed by atoms with Gasteiger partial charge in [0.1, 0.15) is 0 Å². The minimum absolute atomic E-state index is 0.454. The Kier molecular flexibility index (Phi) is 10.5. The molecule has 5 heteroatoms. The Morgan fingerprint density at radius 3 is 1.30 bits per heavy atom. The van der Waals surface area contributed by atoms with Crippen molar-refractivity contribution in [2.75, 3.05) is 13.6 Å². The molecule has 0 bridgehead atoms. The quantitative estimate of drug-likeness (QED) is 0.179. The molecule has 0 atom stereocenters. The van der Waals surface area contributed by atoms with Gasteiger partial charge in [-0.15, -0.1) is 0 Å². The lowest BCUT2D eigenvalue weighted by atomic mass is 10.0. The highest BCUT2D eigenvalue weighted by Gasteiger charge is 2.15. The van der Waals surface area contributed by atoms with Crippen molar-refractivity contribution >= 4 is 17.3 Å². The van der Waals surface area contributed by atoms with Gasteiger partial charge in [0.15, 0.2) is 0 Å². The number of rotatable bonds is 5. The first-order valence-electron chi connectivity index (χ1n) is 15.1. The maximum absolute atomic E-state index is 6.11. The molecule has 0 aliphatic heterocycles. The van der Waals surface area contributed by atoms with Crippen LogP contribution in [0.1, 0.15) is 55.6 Å². The van der Waals surface area contributed by atoms with Gasteiger partial charge in [0.05, 0.1) is 23.6 Å². The van der Waals surface area contributed by atoms with E-state index in [2.05, 4.69) is 131 Å². The van der Waals surface area contributed by atoms with E-state index in [4.69, 9.17) is 16.6 Å². The van der Waals surface area contributed by atoms with Gasteiger partial charge in [-0.25, -0.2) is 4.99 Å². The highest BCUT2D eigenvalue weighted by molar-refractivity contribution is 6.30. The lowest BCUT2D eigenvalue weighted by molar-refractivity contribution is 0.828. The van der Waals surface area contributed by atoms with E-state index < -0.39 is 0 Å². The van der Waals surface area contributed by atoms with Gasteiger partial charge < -0.3 is 0 Å². The van der Waals surface area contributed by atoms with Gasteiger partial charge in [-0.1, -0.05) is 94.0 Å². The van der Waals surface area contributed by atoms with E-state index in [1.807, 2.05) is 31.3 Å². The van der Waals surface area contributed by atoms with E-state index in [1.165, 1.54) is 50.1 Å². The molecule has 0 aliphatic rings. The van der Waals surface area contributed by atoms with Crippen LogP contribution in [0.5, 0.6) is 0 Å². The van der Waals surface area contributed by atoms with Crippen molar-refractivity contribution in [3.8, 4) is 11.4 Å². The predicted molar refractivity (Wildman–Crippen MR) is 189 cm³/mol. The second kappa shape index (κ2) is 14.1. The molecule has 5 aromatic rings.